The standard InChI is InChI=1S/C34H26N8O11S3.3Na/c35-19-2-12-29(28(36)14-19)41-39-21-3-1-18-13-32(56(51,52)53)33(34(44)27(18)15-21)42-40-23-7-11-26(31(17-23)55(48,49)50)25-10-6-22(16-30(25)54(45,46)47)38-37-20-4-8-24(43)9-5-20;;;/h1-17,38,40H,35-36H2,(H,45,46,47)(H,48,49,50)(H,51,52,53);;;/q;3*+1/p-3/b41-39?,42-33+;;;. The molecule has 4 aromatic rings. The van der Waals surface area contributed by atoms with E-state index in [-0.39, 0.29) is 140 Å². The average molecular weight is 885 g/mol. The summed E-state index contributed by atoms with van der Waals surface area (Å²) < 4.78 is 111. The van der Waals surface area contributed by atoms with Crippen LogP contribution >= 0.6 is 0 Å². The van der Waals surface area contributed by atoms with Crippen LogP contribution in [0, 0.1) is 0 Å². The first-order valence-electron chi connectivity index (χ1n) is 15.5. The number of Topliss-reactive ketones (excluding diaryl/α,β-unsaturated/α-hetero) is 1. The zero-order chi connectivity index (χ0) is 40.6. The topological polar surface area (TPSA) is 331 Å². The Morgan fingerprint density at radius 1 is 0.576 bits per heavy atom. The fourth-order valence-corrected chi connectivity index (χ4v) is 7.35. The van der Waals surface area contributed by atoms with E-state index in [1.807, 2.05) is 0 Å². The zero-order valence-corrected chi connectivity index (χ0v) is 39.4. The minimum absolute atomic E-state index is 0. The van der Waals surface area contributed by atoms with E-state index in [1.54, 1.807) is 0 Å². The van der Waals surface area contributed by atoms with Crippen molar-refractivity contribution in [3.8, 4) is 11.1 Å². The van der Waals surface area contributed by atoms with E-state index in [2.05, 4.69) is 31.3 Å². The van der Waals surface area contributed by atoms with Gasteiger partial charge >= 0.3 is 88.7 Å². The number of nitrogen functional groups attached to an aromatic ring is 2. The van der Waals surface area contributed by atoms with Gasteiger partial charge < -0.3 is 25.1 Å². The molecule has 0 unspecified atom stereocenters. The van der Waals surface area contributed by atoms with Crippen LogP contribution in [0.1, 0.15) is 15.9 Å². The Bertz CT molecular complexity index is 2900. The molecule has 59 heavy (non-hydrogen) atoms. The molecule has 0 fully saturated rings. The molecule has 2 aliphatic carbocycles. The summed E-state index contributed by atoms with van der Waals surface area (Å²) in [5, 5.41) is 15.8. The molecule has 0 amide bonds. The minimum Gasteiger partial charge on any atom is -0.744 e. The molecule has 6 N–H and O–H groups in total. The molecule has 0 atom stereocenters. The second-order valence-electron chi connectivity index (χ2n) is 11.7. The number of hydrazone groups is 2. The van der Waals surface area contributed by atoms with Crippen molar-refractivity contribution in [2.75, 3.05) is 22.3 Å². The number of benzene rings is 4. The van der Waals surface area contributed by atoms with E-state index in [0.29, 0.717) is 11.8 Å². The van der Waals surface area contributed by atoms with Gasteiger partial charge in [-0.25, -0.2) is 25.3 Å². The second kappa shape index (κ2) is 19.8. The van der Waals surface area contributed by atoms with E-state index in [0.717, 1.165) is 30.3 Å². The van der Waals surface area contributed by atoms with Crippen LogP contribution in [0.25, 0.3) is 17.2 Å². The molecule has 0 heterocycles. The summed E-state index contributed by atoms with van der Waals surface area (Å²) in [4.78, 5) is 21.9. The summed E-state index contributed by atoms with van der Waals surface area (Å²) in [6, 6.07) is 14.3. The number of carbonyl (C=O) groups is 2. The number of ketones is 2. The van der Waals surface area contributed by atoms with E-state index in [9.17, 15) is 48.5 Å². The molecule has 2 aliphatic rings. The molecule has 25 heteroatoms. The largest absolute Gasteiger partial charge is 1.00 e. The van der Waals surface area contributed by atoms with Gasteiger partial charge in [0.15, 0.2) is 5.78 Å². The Hall–Kier alpha value is -3.69. The summed E-state index contributed by atoms with van der Waals surface area (Å²) in [6.45, 7) is 0. The Labute approximate surface area is 403 Å². The fourth-order valence-electron chi connectivity index (χ4n) is 5.26. The van der Waals surface area contributed by atoms with Gasteiger partial charge in [-0.2, -0.15) is 15.3 Å². The zero-order valence-electron chi connectivity index (χ0n) is 31.0. The quantitative estimate of drug-likeness (QED) is 0.0289. The summed E-state index contributed by atoms with van der Waals surface area (Å²) in [5.74, 6) is -1.34. The van der Waals surface area contributed by atoms with Gasteiger partial charge in [0, 0.05) is 22.4 Å². The van der Waals surface area contributed by atoms with Crippen LogP contribution in [0.4, 0.5) is 34.1 Å². The first-order valence-corrected chi connectivity index (χ1v) is 19.7. The molecule has 0 aromatic heterocycles. The number of allylic oxidation sites excluding steroid dienone is 5. The number of carbonyl (C=O) groups excluding carboxylic acids is 2. The summed E-state index contributed by atoms with van der Waals surface area (Å²) in [6.07, 6.45) is 6.09. The van der Waals surface area contributed by atoms with Gasteiger partial charge in [-0.1, -0.05) is 18.2 Å². The number of anilines is 4. The summed E-state index contributed by atoms with van der Waals surface area (Å²) in [5.41, 5.74) is 15.2. The van der Waals surface area contributed by atoms with Crippen molar-refractivity contribution < 1.29 is 137 Å². The van der Waals surface area contributed by atoms with Gasteiger partial charge in [-0.15, -0.1) is 5.11 Å². The number of rotatable bonds is 10. The molecule has 0 saturated carbocycles. The van der Waals surface area contributed by atoms with Gasteiger partial charge in [-0.05, 0) is 90.5 Å². The van der Waals surface area contributed by atoms with Gasteiger partial charge in [0.2, 0.25) is 5.78 Å². The molecule has 286 valence electrons. The molecule has 4 aromatic carbocycles. The van der Waals surface area contributed by atoms with Crippen LogP contribution in [0.3, 0.4) is 0 Å². The maximum atomic E-state index is 13.6. The Kier molecular flexibility index (Phi) is 16.7. The predicted octanol–water partition coefficient (Wildman–Crippen LogP) is -5.23. The monoisotopic (exact) mass is 884 g/mol. The third kappa shape index (κ3) is 12.0. The predicted molar refractivity (Wildman–Crippen MR) is 201 cm³/mol. The van der Waals surface area contributed by atoms with Crippen molar-refractivity contribution in [3.05, 3.63) is 113 Å². The first kappa shape index (κ1) is 49.7. The molecule has 0 bridgehead atoms. The van der Waals surface area contributed by atoms with Crippen LogP contribution in [0.15, 0.2) is 132 Å². The van der Waals surface area contributed by atoms with Crippen molar-refractivity contribution in [1.29, 1.82) is 0 Å². The van der Waals surface area contributed by atoms with Crippen LogP contribution in [0.5, 0.6) is 0 Å². The number of hydrogen-bond acceptors (Lipinski definition) is 19. The number of fused-ring (bicyclic) bond motifs is 1. The second-order valence-corrected chi connectivity index (χ2v) is 15.7. The van der Waals surface area contributed by atoms with E-state index >= 15 is 0 Å². The molecule has 0 radical (unpaired) electrons. The Morgan fingerprint density at radius 2 is 1.14 bits per heavy atom. The number of nitrogens with two attached hydrogens (primary N) is 2. The third-order valence-electron chi connectivity index (χ3n) is 7.85. The third-order valence-corrected chi connectivity index (χ3v) is 10.5. The van der Waals surface area contributed by atoms with Crippen molar-refractivity contribution in [3.63, 3.8) is 0 Å². The van der Waals surface area contributed by atoms with E-state index < -0.39 is 67.7 Å². The smallest absolute Gasteiger partial charge is 0.744 e. The van der Waals surface area contributed by atoms with Crippen LogP contribution in [-0.2, 0) is 35.1 Å². The summed E-state index contributed by atoms with van der Waals surface area (Å²) >= 11 is 0. The van der Waals surface area contributed by atoms with Crippen molar-refractivity contribution in [2.45, 2.75) is 9.79 Å². The molecule has 0 aliphatic heterocycles. The van der Waals surface area contributed by atoms with E-state index in [1.165, 1.54) is 66.8 Å². The average Bonchev–Trinajstić information content (AvgIpc) is 3.12. The number of hydrogen-bond donors (Lipinski definition) is 4. The SMILES string of the molecule is Nc1ccc(N=Nc2ccc3c(c2)C(=O)/C(=N/Nc2ccc(-c4ccc(NN=C5C=CC(=O)C=C5)cc4S(=O)(=O)[O-])c(S(=O)(=O)[O-])c2)C(S(=O)(=O)[O-])=C3)c(N)c1.[Na+].[Na+].[Na+]. The molecule has 6 rings (SSSR count). The van der Waals surface area contributed by atoms with Crippen molar-refractivity contribution in [1.82, 2.24) is 0 Å². The van der Waals surface area contributed by atoms with Gasteiger partial charge in [0.1, 0.15) is 41.8 Å². The number of nitrogens with one attached hydrogen (secondary N) is 2. The first-order chi connectivity index (χ1) is 26.3. The van der Waals surface area contributed by atoms with E-state index in [4.69, 9.17) is 11.5 Å². The van der Waals surface area contributed by atoms with Crippen molar-refractivity contribution >= 4 is 93.5 Å². The minimum atomic E-state index is -5.44. The number of nitrogens with zero attached hydrogens (tertiary/aromatic N) is 4. The maximum absolute atomic E-state index is 13.6. The Morgan fingerprint density at radius 3 is 1.66 bits per heavy atom. The molecule has 19 nitrogen and oxygen atoms in total. The van der Waals surface area contributed by atoms with Crippen LogP contribution < -0.4 is 111 Å². The molecule has 0 spiro atoms. The molecular formula is C34H23N8Na3O11S3. The van der Waals surface area contributed by atoms with Gasteiger partial charge in [-0.3, -0.25) is 20.4 Å². The molecular weight excluding hydrogens is 862 g/mol. The van der Waals surface area contributed by atoms with Gasteiger partial charge in [0.25, 0.3) is 0 Å². The van der Waals surface area contributed by atoms with Crippen molar-refractivity contribution in [2.24, 2.45) is 20.4 Å². The maximum Gasteiger partial charge on any atom is 1.00 e. The normalized spacial score (nSPS) is 14.5. The fraction of sp³-hybridized carbons (Fsp3) is 0. The number of azo groups is 1. The Balaban J connectivity index is 0.00000310. The van der Waals surface area contributed by atoms with Crippen LogP contribution in [0.2, 0.25) is 0 Å². The van der Waals surface area contributed by atoms with Gasteiger partial charge in [0.05, 0.1) is 43.2 Å². The molecule has 0 saturated heterocycles. The van der Waals surface area contributed by atoms with Crippen LogP contribution in [-0.4, -0.2) is 61.9 Å². The summed E-state index contributed by atoms with van der Waals surface area (Å²) in [7, 11) is -16.1.